The number of rotatable bonds is 10. The van der Waals surface area contributed by atoms with E-state index in [9.17, 15) is 5.11 Å². The van der Waals surface area contributed by atoms with Gasteiger partial charge in [-0.3, -0.25) is 0 Å². The van der Waals surface area contributed by atoms with Crippen molar-refractivity contribution in [1.29, 1.82) is 0 Å². The number of aromatic hydroxyl groups is 1. The molecular weight excluding hydrogens is 461 g/mol. The quantitative estimate of drug-likeness (QED) is 0.295. The third kappa shape index (κ3) is 5.42. The van der Waals surface area contributed by atoms with Gasteiger partial charge in [-0.2, -0.15) is 0 Å². The maximum absolute atomic E-state index is 16.2. The lowest BCUT2D eigenvalue weighted by molar-refractivity contribution is 0.0935. The summed E-state index contributed by atoms with van der Waals surface area (Å²) in [6, 6.07) is 15.9. The average molecular weight is 502 g/mol. The van der Waals surface area contributed by atoms with Gasteiger partial charge in [-0.25, -0.2) is 9.38 Å². The lowest BCUT2D eigenvalue weighted by Gasteiger charge is -2.44. The Morgan fingerprint density at radius 3 is 2.41 bits per heavy atom. The standard InChI is InChI=1S/C32H40FN3O/c1-7-12-24(13-8-2)32(34-22(4)36-19-25(20-36)35(5)6)28-18-29(37)30(31(33)21(28)3)27-17-11-15-23-14-9-10-16-26(23)27/h9-11,14-18,24-25,37H,4,7-8,12-13,19-20H2,1-3,5-6H3. The second kappa shape index (κ2) is 11.5. The van der Waals surface area contributed by atoms with Gasteiger partial charge in [0, 0.05) is 30.6 Å². The minimum Gasteiger partial charge on any atom is -0.507 e. The van der Waals surface area contributed by atoms with Crippen LogP contribution in [0.5, 0.6) is 5.75 Å². The minimum absolute atomic E-state index is 0.0591. The van der Waals surface area contributed by atoms with Crippen LogP contribution in [0.3, 0.4) is 0 Å². The number of likely N-dealkylation sites (N-methyl/N-ethyl adjacent to an activating group) is 1. The lowest BCUT2D eigenvalue weighted by atomic mass is 9.85. The van der Waals surface area contributed by atoms with E-state index in [2.05, 4.69) is 44.3 Å². The molecule has 0 saturated carbocycles. The van der Waals surface area contributed by atoms with Crippen molar-refractivity contribution in [3.05, 3.63) is 77.9 Å². The van der Waals surface area contributed by atoms with Gasteiger partial charge in [0.1, 0.15) is 17.4 Å². The fourth-order valence-corrected chi connectivity index (χ4v) is 5.39. The second-order valence-corrected chi connectivity index (χ2v) is 10.5. The van der Waals surface area contributed by atoms with Crippen LogP contribution in [0.25, 0.3) is 21.9 Å². The van der Waals surface area contributed by atoms with E-state index in [1.807, 2.05) is 42.5 Å². The summed E-state index contributed by atoms with van der Waals surface area (Å²) in [7, 11) is 4.18. The summed E-state index contributed by atoms with van der Waals surface area (Å²) in [5.74, 6) is 0.422. The van der Waals surface area contributed by atoms with Crippen LogP contribution in [0.4, 0.5) is 4.39 Å². The molecule has 1 aliphatic heterocycles. The highest BCUT2D eigenvalue weighted by atomic mass is 19.1. The molecule has 0 aliphatic carbocycles. The Balaban J connectivity index is 1.81. The molecule has 0 radical (unpaired) electrons. The number of fused-ring (bicyclic) bond motifs is 1. The smallest absolute Gasteiger partial charge is 0.138 e. The fraction of sp³-hybridized carbons (Fsp3) is 0.406. The molecule has 1 fully saturated rings. The van der Waals surface area contributed by atoms with Crippen LogP contribution in [0.1, 0.15) is 50.7 Å². The van der Waals surface area contributed by atoms with Crippen molar-refractivity contribution in [2.75, 3.05) is 27.2 Å². The molecule has 1 heterocycles. The van der Waals surface area contributed by atoms with Crippen molar-refractivity contribution in [3.8, 4) is 16.9 Å². The van der Waals surface area contributed by atoms with E-state index < -0.39 is 5.82 Å². The average Bonchev–Trinajstić information content (AvgIpc) is 2.84. The van der Waals surface area contributed by atoms with E-state index in [4.69, 9.17) is 4.99 Å². The molecule has 4 nitrogen and oxygen atoms in total. The van der Waals surface area contributed by atoms with Crippen molar-refractivity contribution in [2.24, 2.45) is 10.9 Å². The molecule has 196 valence electrons. The van der Waals surface area contributed by atoms with Crippen LogP contribution < -0.4 is 0 Å². The van der Waals surface area contributed by atoms with Gasteiger partial charge in [0.15, 0.2) is 0 Å². The van der Waals surface area contributed by atoms with Crippen molar-refractivity contribution >= 4 is 16.5 Å². The number of halogens is 1. The minimum atomic E-state index is -0.395. The fourth-order valence-electron chi connectivity index (χ4n) is 5.39. The van der Waals surface area contributed by atoms with Crippen molar-refractivity contribution in [1.82, 2.24) is 9.80 Å². The first-order chi connectivity index (χ1) is 17.8. The molecule has 0 amide bonds. The van der Waals surface area contributed by atoms with Crippen LogP contribution >= 0.6 is 0 Å². The SMILES string of the molecule is C=C(N=C(c1cc(O)c(-c2cccc3ccccc23)c(F)c1C)C(CCC)CCC)N1CC(N(C)C)C1. The molecule has 3 aromatic rings. The first kappa shape index (κ1) is 26.9. The molecule has 0 bridgehead atoms. The van der Waals surface area contributed by atoms with E-state index in [0.717, 1.165) is 55.3 Å². The molecule has 1 N–H and O–H groups in total. The Morgan fingerprint density at radius 2 is 1.76 bits per heavy atom. The number of aliphatic imine (C=N–C) groups is 1. The van der Waals surface area contributed by atoms with Gasteiger partial charge in [-0.05, 0) is 61.8 Å². The van der Waals surface area contributed by atoms with Crippen molar-refractivity contribution < 1.29 is 9.50 Å². The highest BCUT2D eigenvalue weighted by Crippen LogP contribution is 2.40. The third-order valence-corrected chi connectivity index (χ3v) is 7.69. The van der Waals surface area contributed by atoms with E-state index in [-0.39, 0.29) is 17.2 Å². The van der Waals surface area contributed by atoms with E-state index in [0.29, 0.717) is 28.6 Å². The molecule has 4 rings (SSSR count). The second-order valence-electron chi connectivity index (χ2n) is 10.5. The molecule has 1 aliphatic rings. The first-order valence-corrected chi connectivity index (χ1v) is 13.5. The van der Waals surface area contributed by atoms with Crippen molar-refractivity contribution in [3.63, 3.8) is 0 Å². The molecule has 0 atom stereocenters. The predicted molar refractivity (Wildman–Crippen MR) is 154 cm³/mol. The Morgan fingerprint density at radius 1 is 1.11 bits per heavy atom. The van der Waals surface area contributed by atoms with Crippen LogP contribution in [0, 0.1) is 18.7 Å². The number of benzene rings is 3. The molecule has 3 aromatic carbocycles. The molecule has 0 unspecified atom stereocenters. The van der Waals surface area contributed by atoms with Gasteiger partial charge in [0.25, 0.3) is 0 Å². The third-order valence-electron chi connectivity index (χ3n) is 7.69. The summed E-state index contributed by atoms with van der Waals surface area (Å²) < 4.78 is 16.2. The maximum Gasteiger partial charge on any atom is 0.138 e. The molecule has 5 heteroatoms. The number of likely N-dealkylation sites (tertiary alicyclic amines) is 1. The zero-order valence-corrected chi connectivity index (χ0v) is 22.9. The number of hydrogen-bond acceptors (Lipinski definition) is 4. The number of phenolic OH excluding ortho intramolecular Hbond substituents is 1. The van der Waals surface area contributed by atoms with Gasteiger partial charge >= 0.3 is 0 Å². The molecular formula is C32H40FN3O. The monoisotopic (exact) mass is 501 g/mol. The lowest BCUT2D eigenvalue weighted by Crippen LogP contribution is -2.56. The van der Waals surface area contributed by atoms with E-state index in [1.165, 1.54) is 0 Å². The van der Waals surface area contributed by atoms with Gasteiger partial charge in [-0.1, -0.05) is 75.7 Å². The Bertz CT molecular complexity index is 1300. The number of phenols is 1. The summed E-state index contributed by atoms with van der Waals surface area (Å²) in [6.07, 6.45) is 3.91. The highest BCUT2D eigenvalue weighted by molar-refractivity contribution is 6.06. The van der Waals surface area contributed by atoms with Gasteiger partial charge in [-0.15, -0.1) is 0 Å². The maximum atomic E-state index is 16.2. The topological polar surface area (TPSA) is 39.1 Å². The summed E-state index contributed by atoms with van der Waals surface area (Å²) in [6.45, 7) is 12.2. The summed E-state index contributed by atoms with van der Waals surface area (Å²) in [5, 5.41) is 13.2. The van der Waals surface area contributed by atoms with Crippen LogP contribution in [-0.4, -0.2) is 53.8 Å². The Labute approximate surface area is 221 Å². The largest absolute Gasteiger partial charge is 0.507 e. The van der Waals surface area contributed by atoms with Crippen molar-refractivity contribution in [2.45, 2.75) is 52.5 Å². The Hall–Kier alpha value is -3.18. The van der Waals surface area contributed by atoms with Gasteiger partial charge in [0.05, 0.1) is 11.3 Å². The highest BCUT2D eigenvalue weighted by Gasteiger charge is 2.30. The summed E-state index contributed by atoms with van der Waals surface area (Å²) in [5.41, 5.74) is 2.96. The molecule has 0 spiro atoms. The summed E-state index contributed by atoms with van der Waals surface area (Å²) in [4.78, 5) is 9.44. The normalized spacial score (nSPS) is 14.6. The zero-order valence-electron chi connectivity index (χ0n) is 22.9. The van der Waals surface area contributed by atoms with Crippen LogP contribution in [-0.2, 0) is 0 Å². The molecule has 1 saturated heterocycles. The van der Waals surface area contributed by atoms with Gasteiger partial charge in [0.2, 0.25) is 0 Å². The Kier molecular flexibility index (Phi) is 8.33. The van der Waals surface area contributed by atoms with Gasteiger partial charge < -0.3 is 14.9 Å². The first-order valence-electron chi connectivity index (χ1n) is 13.5. The zero-order chi connectivity index (χ0) is 26.7. The number of nitrogens with zero attached hydrogens (tertiary/aromatic N) is 3. The van der Waals surface area contributed by atoms with E-state index >= 15 is 4.39 Å². The molecule has 37 heavy (non-hydrogen) atoms. The van der Waals surface area contributed by atoms with E-state index in [1.54, 1.807) is 13.0 Å². The number of hydrogen-bond donors (Lipinski definition) is 1. The predicted octanol–water partition coefficient (Wildman–Crippen LogP) is 7.38. The summed E-state index contributed by atoms with van der Waals surface area (Å²) >= 11 is 0. The molecule has 0 aromatic heterocycles. The van der Waals surface area contributed by atoms with Crippen LogP contribution in [0.15, 0.2) is 65.9 Å². The van der Waals surface area contributed by atoms with Crippen LogP contribution in [0.2, 0.25) is 0 Å².